The zero-order chi connectivity index (χ0) is 28.1. The molecule has 1 atom stereocenters. The second kappa shape index (κ2) is 10.2. The fraction of sp³-hybridized carbons (Fsp3) is 0.312. The van der Waals surface area contributed by atoms with E-state index < -0.39 is 6.04 Å². The van der Waals surface area contributed by atoms with E-state index in [2.05, 4.69) is 22.3 Å². The lowest BCUT2D eigenvalue weighted by Crippen LogP contribution is -2.52. The highest BCUT2D eigenvalue weighted by Crippen LogP contribution is 2.34. The Morgan fingerprint density at radius 1 is 0.878 bits per heavy atom. The number of likely N-dealkylation sites (tertiary alicyclic amines) is 1. The van der Waals surface area contributed by atoms with Gasteiger partial charge in [0.05, 0.1) is 11.1 Å². The average molecular weight is 551 g/mol. The Morgan fingerprint density at radius 3 is 2.46 bits per heavy atom. The van der Waals surface area contributed by atoms with Crippen LogP contribution in [0.4, 0.5) is 0 Å². The summed E-state index contributed by atoms with van der Waals surface area (Å²) in [4.78, 5) is 53.9. The van der Waals surface area contributed by atoms with Gasteiger partial charge in [-0.3, -0.25) is 29.4 Å². The van der Waals surface area contributed by atoms with E-state index in [1.807, 2.05) is 54.6 Å². The highest BCUT2D eigenvalue weighted by atomic mass is 16.5. The third-order valence-electron chi connectivity index (χ3n) is 8.65. The molecule has 0 saturated carbocycles. The number of para-hydroxylation sites is 1. The normalized spacial score (nSPS) is 20.0. The van der Waals surface area contributed by atoms with E-state index in [9.17, 15) is 19.2 Å². The Labute approximate surface area is 236 Å². The molecule has 2 saturated heterocycles. The average Bonchev–Trinajstić information content (AvgIpc) is 3.49. The van der Waals surface area contributed by atoms with Crippen LogP contribution in [0.15, 0.2) is 76.0 Å². The Hall–Kier alpha value is -4.50. The van der Waals surface area contributed by atoms with Crippen molar-refractivity contribution in [3.8, 4) is 5.69 Å². The quantitative estimate of drug-likeness (QED) is 0.380. The predicted molar refractivity (Wildman–Crippen MR) is 152 cm³/mol. The van der Waals surface area contributed by atoms with Crippen molar-refractivity contribution in [2.45, 2.75) is 50.7 Å². The van der Waals surface area contributed by atoms with E-state index in [4.69, 9.17) is 4.52 Å². The van der Waals surface area contributed by atoms with Gasteiger partial charge in [0.1, 0.15) is 6.04 Å². The van der Waals surface area contributed by atoms with Crippen molar-refractivity contribution in [1.82, 2.24) is 19.9 Å². The van der Waals surface area contributed by atoms with Gasteiger partial charge in [-0.05, 0) is 85.3 Å². The van der Waals surface area contributed by atoms with Crippen molar-refractivity contribution in [2.75, 3.05) is 13.1 Å². The first-order valence-corrected chi connectivity index (χ1v) is 14.1. The molecule has 41 heavy (non-hydrogen) atoms. The van der Waals surface area contributed by atoms with Crippen LogP contribution in [0.3, 0.4) is 0 Å². The number of hydrogen-bond acceptors (Lipinski definition) is 6. The van der Waals surface area contributed by atoms with Crippen molar-refractivity contribution >= 4 is 28.7 Å². The van der Waals surface area contributed by atoms with Crippen LogP contribution in [0.2, 0.25) is 0 Å². The van der Waals surface area contributed by atoms with Crippen LogP contribution in [0, 0.1) is 0 Å². The summed E-state index contributed by atoms with van der Waals surface area (Å²) in [5.41, 5.74) is 5.04. The van der Waals surface area contributed by atoms with Gasteiger partial charge in [0.15, 0.2) is 5.58 Å². The molecule has 4 heterocycles. The van der Waals surface area contributed by atoms with Crippen LogP contribution in [-0.2, 0) is 22.7 Å². The number of nitrogens with one attached hydrogen (secondary N) is 1. The summed E-state index contributed by atoms with van der Waals surface area (Å²) >= 11 is 0. The molecule has 3 aliphatic heterocycles. The Morgan fingerprint density at radius 2 is 1.68 bits per heavy atom. The second-order valence-electron chi connectivity index (χ2n) is 11.2. The van der Waals surface area contributed by atoms with E-state index in [0.29, 0.717) is 41.1 Å². The summed E-state index contributed by atoms with van der Waals surface area (Å²) in [6.45, 7) is 3.02. The molecule has 0 spiro atoms. The first-order valence-electron chi connectivity index (χ1n) is 14.1. The maximum Gasteiger partial charge on any atom is 0.295 e. The molecule has 3 aromatic carbocycles. The fourth-order valence-electron chi connectivity index (χ4n) is 6.44. The van der Waals surface area contributed by atoms with Crippen LogP contribution in [0.1, 0.15) is 58.6 Å². The lowest BCUT2D eigenvalue weighted by molar-refractivity contribution is -0.136. The van der Waals surface area contributed by atoms with Gasteiger partial charge >= 0.3 is 0 Å². The molecule has 9 nitrogen and oxygen atoms in total. The Bertz CT molecular complexity index is 1730. The largest absolute Gasteiger partial charge is 0.371 e. The van der Waals surface area contributed by atoms with Crippen LogP contribution < -0.4 is 10.9 Å². The molecular formula is C32H30N4O5. The summed E-state index contributed by atoms with van der Waals surface area (Å²) in [6.07, 6.45) is 2.62. The summed E-state index contributed by atoms with van der Waals surface area (Å²) < 4.78 is 7.16. The molecule has 2 fully saturated rings. The highest BCUT2D eigenvalue weighted by molar-refractivity contribution is 6.05. The van der Waals surface area contributed by atoms with Crippen molar-refractivity contribution in [2.24, 2.45) is 0 Å². The van der Waals surface area contributed by atoms with E-state index >= 15 is 0 Å². The van der Waals surface area contributed by atoms with Gasteiger partial charge in [-0.2, -0.15) is 0 Å². The molecule has 1 aromatic heterocycles. The van der Waals surface area contributed by atoms with E-state index in [0.717, 1.165) is 43.6 Å². The van der Waals surface area contributed by atoms with Crippen LogP contribution in [0.25, 0.3) is 16.7 Å². The predicted octanol–water partition coefficient (Wildman–Crippen LogP) is 3.72. The number of benzene rings is 3. The minimum Gasteiger partial charge on any atom is -0.371 e. The van der Waals surface area contributed by atoms with Gasteiger partial charge < -0.3 is 9.42 Å². The zero-order valence-electron chi connectivity index (χ0n) is 22.5. The molecule has 0 aliphatic carbocycles. The van der Waals surface area contributed by atoms with Crippen LogP contribution in [-0.4, -0.2) is 51.4 Å². The molecule has 4 aromatic rings. The first kappa shape index (κ1) is 25.5. The molecule has 0 bridgehead atoms. The number of carbonyl (C=O) groups is 3. The third kappa shape index (κ3) is 4.66. The number of fused-ring (bicyclic) bond motifs is 2. The maximum absolute atomic E-state index is 13.0. The maximum atomic E-state index is 13.0. The number of imide groups is 1. The molecule has 9 heteroatoms. The van der Waals surface area contributed by atoms with Gasteiger partial charge in [0, 0.05) is 25.1 Å². The lowest BCUT2D eigenvalue weighted by Gasteiger charge is -2.32. The highest BCUT2D eigenvalue weighted by Gasteiger charge is 2.39. The standard InChI is InChI=1S/C32H30N4O5/c37-29-11-9-27(30(38)33-29)35-19-23-17-22(7-8-25(23)31(35)39)21-12-14-34(15-13-21)18-20-6-10-28-26(16-20)32(40)36(41-28)24-4-2-1-3-5-24/h1-8,10,16-17,21,27H,9,11-15,18-19H2,(H,33,37,38). The molecule has 3 amide bonds. The second-order valence-corrected chi connectivity index (χ2v) is 11.2. The number of piperidine rings is 2. The van der Waals surface area contributed by atoms with E-state index in [1.54, 1.807) is 4.90 Å². The molecule has 208 valence electrons. The first-order chi connectivity index (χ1) is 19.9. The summed E-state index contributed by atoms with van der Waals surface area (Å²) in [7, 11) is 0. The Kier molecular flexibility index (Phi) is 6.31. The number of amides is 3. The number of nitrogens with zero attached hydrogens (tertiary/aromatic N) is 3. The monoisotopic (exact) mass is 550 g/mol. The molecule has 7 rings (SSSR count). The van der Waals surface area contributed by atoms with Crippen molar-refractivity contribution in [3.05, 3.63) is 99.3 Å². The fourth-order valence-corrected chi connectivity index (χ4v) is 6.44. The summed E-state index contributed by atoms with van der Waals surface area (Å²) in [5.74, 6) is -0.409. The molecule has 1 N–H and O–H groups in total. The number of rotatable bonds is 5. The Balaban J connectivity index is 1.00. The number of aromatic nitrogens is 1. The van der Waals surface area contributed by atoms with Crippen LogP contribution in [0.5, 0.6) is 0 Å². The topological polar surface area (TPSA) is 105 Å². The van der Waals surface area contributed by atoms with Crippen molar-refractivity contribution in [3.63, 3.8) is 0 Å². The molecule has 0 radical (unpaired) electrons. The van der Waals surface area contributed by atoms with Gasteiger partial charge in [0.25, 0.3) is 11.5 Å². The molecule has 3 aliphatic rings. The SMILES string of the molecule is O=C1CCC(N2Cc3cc(C4CCN(Cc5ccc6on(-c7ccccc7)c(=O)c6c5)CC4)ccc3C2=O)C(=O)N1. The summed E-state index contributed by atoms with van der Waals surface area (Å²) in [5, 5.41) is 2.94. The van der Waals surface area contributed by atoms with E-state index in [1.165, 1.54) is 10.3 Å². The third-order valence-corrected chi connectivity index (χ3v) is 8.65. The van der Waals surface area contributed by atoms with Gasteiger partial charge in [-0.1, -0.05) is 36.4 Å². The van der Waals surface area contributed by atoms with Crippen molar-refractivity contribution in [1.29, 1.82) is 0 Å². The minimum absolute atomic E-state index is 0.138. The van der Waals surface area contributed by atoms with Gasteiger partial charge in [-0.25, -0.2) is 0 Å². The summed E-state index contributed by atoms with van der Waals surface area (Å²) in [6, 6.07) is 20.7. The molecule has 1 unspecified atom stereocenters. The lowest BCUT2D eigenvalue weighted by atomic mass is 9.87. The van der Waals surface area contributed by atoms with E-state index in [-0.39, 0.29) is 29.7 Å². The minimum atomic E-state index is -0.596. The zero-order valence-corrected chi connectivity index (χ0v) is 22.5. The molecular weight excluding hydrogens is 520 g/mol. The number of carbonyl (C=O) groups excluding carboxylic acids is 3. The smallest absolute Gasteiger partial charge is 0.295 e. The number of hydrogen-bond donors (Lipinski definition) is 1. The van der Waals surface area contributed by atoms with Crippen molar-refractivity contribution < 1.29 is 18.9 Å². The van der Waals surface area contributed by atoms with Gasteiger partial charge in [-0.15, -0.1) is 4.74 Å². The van der Waals surface area contributed by atoms with Crippen LogP contribution >= 0.6 is 0 Å². The van der Waals surface area contributed by atoms with Gasteiger partial charge in [0.2, 0.25) is 11.8 Å².